The molecule has 2 aromatic carbocycles. The molecular weight excluding hydrogens is 750 g/mol. The van der Waals surface area contributed by atoms with Gasteiger partial charge in [0.05, 0.1) is 41.0 Å². The number of carbonyl (C=O) groups is 5. The van der Waals surface area contributed by atoms with Gasteiger partial charge in [0.25, 0.3) is 11.8 Å². The van der Waals surface area contributed by atoms with Crippen molar-refractivity contribution in [2.75, 3.05) is 25.5 Å². The summed E-state index contributed by atoms with van der Waals surface area (Å²) in [6, 6.07) is 11.6. The van der Waals surface area contributed by atoms with Crippen LogP contribution in [0.1, 0.15) is 79.5 Å². The van der Waals surface area contributed by atoms with Crippen molar-refractivity contribution in [2.45, 2.75) is 71.6 Å². The number of amides is 2. The van der Waals surface area contributed by atoms with Crippen LogP contribution in [-0.2, 0) is 23.6 Å². The zero-order valence-corrected chi connectivity index (χ0v) is 32.6. The van der Waals surface area contributed by atoms with E-state index in [1.807, 2.05) is 0 Å². The fourth-order valence-electron chi connectivity index (χ4n) is 5.38. The van der Waals surface area contributed by atoms with Gasteiger partial charge in [-0.05, 0) is 64.8 Å². The molecule has 1 aromatic heterocycles. The summed E-state index contributed by atoms with van der Waals surface area (Å²) in [5.41, 5.74) is -1.20. The number of benzene rings is 2. The number of aromatic nitrogens is 2. The van der Waals surface area contributed by atoms with E-state index in [0.29, 0.717) is 18.6 Å². The topological polar surface area (TPSA) is 187 Å². The summed E-state index contributed by atoms with van der Waals surface area (Å²) in [5.74, 6) is -3.87. The number of methoxy groups -OCH3 is 1. The molecule has 53 heavy (non-hydrogen) atoms. The van der Waals surface area contributed by atoms with Gasteiger partial charge in [-0.15, -0.1) is 0 Å². The van der Waals surface area contributed by atoms with Crippen molar-refractivity contribution < 1.29 is 42.5 Å². The highest BCUT2D eigenvalue weighted by Crippen LogP contribution is 2.48. The lowest BCUT2D eigenvalue weighted by Crippen LogP contribution is -2.47. The lowest BCUT2D eigenvalue weighted by molar-refractivity contribution is -0.155. The number of rotatable bonds is 13. The van der Waals surface area contributed by atoms with Gasteiger partial charge in [-0.3, -0.25) is 24.0 Å². The Bertz CT molecular complexity index is 1860. The minimum atomic E-state index is -3.84. The van der Waals surface area contributed by atoms with Gasteiger partial charge in [0, 0.05) is 25.0 Å². The van der Waals surface area contributed by atoms with E-state index in [-0.39, 0.29) is 46.5 Å². The first-order valence-corrected chi connectivity index (χ1v) is 19.1. The minimum Gasteiger partial charge on any atom is -0.468 e. The Morgan fingerprint density at radius 1 is 0.962 bits per heavy atom. The van der Waals surface area contributed by atoms with Gasteiger partial charge in [-0.25, -0.2) is 19.0 Å². The predicted octanol–water partition coefficient (Wildman–Crippen LogP) is 5.98. The Labute approximate surface area is 317 Å². The monoisotopic (exact) mass is 792 g/mol. The van der Waals surface area contributed by atoms with Crippen LogP contribution in [0.15, 0.2) is 54.7 Å². The van der Waals surface area contributed by atoms with Crippen LogP contribution in [0.3, 0.4) is 0 Å². The molecule has 1 unspecified atom stereocenters. The second-order valence-electron chi connectivity index (χ2n) is 13.4. The molecule has 1 aliphatic heterocycles. The molecule has 3 atom stereocenters. The quantitative estimate of drug-likeness (QED) is 0.136. The zero-order valence-electron chi connectivity index (χ0n) is 30.2. The molecular formula is C35H43Cl2N6O9P. The van der Waals surface area contributed by atoms with E-state index in [2.05, 4.69) is 20.8 Å². The van der Waals surface area contributed by atoms with Crippen LogP contribution in [-0.4, -0.2) is 82.0 Å². The van der Waals surface area contributed by atoms with Crippen LogP contribution in [0.5, 0.6) is 5.75 Å². The highest BCUT2D eigenvalue weighted by Gasteiger charge is 2.40. The first-order valence-electron chi connectivity index (χ1n) is 16.8. The Morgan fingerprint density at radius 2 is 1.58 bits per heavy atom. The summed E-state index contributed by atoms with van der Waals surface area (Å²) in [7, 11) is -2.62. The smallest absolute Gasteiger partial charge is 0.393 e. The predicted molar refractivity (Wildman–Crippen MR) is 198 cm³/mol. The molecule has 2 amide bonds. The fourth-order valence-corrected chi connectivity index (χ4v) is 8.04. The number of halogens is 2. The van der Waals surface area contributed by atoms with Crippen molar-refractivity contribution in [2.24, 2.45) is 5.92 Å². The molecule has 3 aromatic rings. The van der Waals surface area contributed by atoms with E-state index in [1.54, 1.807) is 61.8 Å². The normalized spacial score (nSPS) is 16.1. The number of nitrogens with one attached hydrogen (secondary N) is 3. The van der Waals surface area contributed by atoms with Gasteiger partial charge in [0.15, 0.2) is 5.69 Å². The third-order valence-electron chi connectivity index (χ3n) is 7.97. The molecule has 1 fully saturated rings. The highest BCUT2D eigenvalue weighted by atomic mass is 35.5. The average Bonchev–Trinajstić information content (AvgIpc) is 3.50. The van der Waals surface area contributed by atoms with Gasteiger partial charge in [-0.1, -0.05) is 54.4 Å². The van der Waals surface area contributed by atoms with Gasteiger partial charge < -0.3 is 24.6 Å². The second kappa shape index (κ2) is 17.7. The molecule has 2 heterocycles. The van der Waals surface area contributed by atoms with Crippen LogP contribution in [0.4, 0.5) is 5.69 Å². The molecule has 18 heteroatoms. The number of nitrogens with zero attached hydrogens (tertiary/aromatic N) is 3. The molecule has 15 nitrogen and oxygen atoms in total. The Balaban J connectivity index is 1.54. The van der Waals surface area contributed by atoms with Gasteiger partial charge in [0.1, 0.15) is 17.4 Å². The molecule has 3 N–H and O–H groups in total. The SMILES string of the molecule is COC(=O)[C@H](C)NP(=O)(Oc1ccccc1)N1CCC(NC(=O)c2nn(C(=O)[C@H](C)CC(=O)OC(C)(C)C)cc2NC(=O)c2c(Cl)cccc2Cl)CC1. The standard InChI is InChI=1S/C35H43Cl2N6O9P/c1-21(19-28(44)51-35(3,4)5)33(47)43-20-27(39-31(45)29-25(36)13-10-14-26(29)37)30(40-43)32(46)38-23-15-17-42(18-16-23)53(49,41-22(2)34(48)50-6)52-24-11-8-7-9-12-24/h7-14,20-23H,15-19H2,1-6H3,(H,38,46)(H,39,45)(H,41,49)/t21-,22+,53?/m1/s1. The average molecular weight is 794 g/mol. The van der Waals surface area contributed by atoms with Crippen molar-refractivity contribution in [3.05, 3.63) is 76.0 Å². The minimum absolute atomic E-state index is 0.0517. The third kappa shape index (κ3) is 11.1. The number of anilines is 1. The maximum absolute atomic E-state index is 14.3. The van der Waals surface area contributed by atoms with E-state index in [4.69, 9.17) is 37.2 Å². The first kappa shape index (κ1) is 41.5. The number of piperidine rings is 1. The van der Waals surface area contributed by atoms with Crippen LogP contribution in [0.25, 0.3) is 0 Å². The van der Waals surface area contributed by atoms with Crippen LogP contribution >= 0.6 is 30.9 Å². The van der Waals surface area contributed by atoms with Crippen molar-refractivity contribution in [3.8, 4) is 5.75 Å². The Kier molecular flexibility index (Phi) is 13.9. The lowest BCUT2D eigenvalue weighted by atomic mass is 10.1. The summed E-state index contributed by atoms with van der Waals surface area (Å²) >= 11 is 12.5. The molecule has 0 radical (unpaired) electrons. The maximum atomic E-state index is 14.3. The number of hydrogen-bond donors (Lipinski definition) is 3. The summed E-state index contributed by atoms with van der Waals surface area (Å²) in [5, 5.41) is 12.6. The van der Waals surface area contributed by atoms with E-state index in [9.17, 15) is 28.5 Å². The van der Waals surface area contributed by atoms with Gasteiger partial charge in [0.2, 0.25) is 5.91 Å². The highest BCUT2D eigenvalue weighted by molar-refractivity contribution is 7.54. The summed E-state index contributed by atoms with van der Waals surface area (Å²) in [6.07, 6.45) is 1.55. The van der Waals surface area contributed by atoms with Gasteiger partial charge in [-0.2, -0.15) is 5.10 Å². The zero-order chi connectivity index (χ0) is 39.1. The van der Waals surface area contributed by atoms with E-state index in [1.165, 1.54) is 39.3 Å². The van der Waals surface area contributed by atoms with Crippen molar-refractivity contribution >= 4 is 66.2 Å². The summed E-state index contributed by atoms with van der Waals surface area (Å²) in [6.45, 7) is 8.54. The van der Waals surface area contributed by atoms with Crippen molar-refractivity contribution in [3.63, 3.8) is 0 Å². The molecule has 0 bridgehead atoms. The van der Waals surface area contributed by atoms with Crippen LogP contribution in [0.2, 0.25) is 10.0 Å². The fraction of sp³-hybridized carbons (Fsp3) is 0.429. The number of para-hydroxylation sites is 1. The van der Waals surface area contributed by atoms with Crippen LogP contribution < -0.4 is 20.2 Å². The Hall–Kier alpha value is -4.27. The largest absolute Gasteiger partial charge is 0.468 e. The summed E-state index contributed by atoms with van der Waals surface area (Å²) in [4.78, 5) is 65.2. The van der Waals surface area contributed by atoms with Crippen molar-refractivity contribution in [1.29, 1.82) is 0 Å². The van der Waals surface area contributed by atoms with Gasteiger partial charge >= 0.3 is 19.6 Å². The number of ether oxygens (including phenoxy) is 2. The molecule has 1 aliphatic rings. The van der Waals surface area contributed by atoms with E-state index >= 15 is 0 Å². The molecule has 0 saturated carbocycles. The van der Waals surface area contributed by atoms with E-state index < -0.39 is 60.9 Å². The summed E-state index contributed by atoms with van der Waals surface area (Å²) < 4.78 is 32.8. The second-order valence-corrected chi connectivity index (χ2v) is 16.3. The molecule has 0 spiro atoms. The van der Waals surface area contributed by atoms with Crippen LogP contribution in [0, 0.1) is 5.92 Å². The first-order chi connectivity index (χ1) is 24.9. The Morgan fingerprint density at radius 3 is 2.17 bits per heavy atom. The number of esters is 2. The molecule has 0 aliphatic carbocycles. The lowest BCUT2D eigenvalue weighted by Gasteiger charge is -2.37. The maximum Gasteiger partial charge on any atom is 0.393 e. The molecule has 286 valence electrons. The third-order valence-corrected chi connectivity index (χ3v) is 10.9. The molecule has 4 rings (SSSR count). The molecule has 1 saturated heterocycles. The number of carbonyl (C=O) groups excluding carboxylic acids is 5. The van der Waals surface area contributed by atoms with E-state index in [0.717, 1.165) is 4.68 Å². The van der Waals surface area contributed by atoms with Crippen molar-refractivity contribution in [1.82, 2.24) is 24.9 Å². The number of hydrogen-bond acceptors (Lipinski definition) is 10.